The first-order valence-electron chi connectivity index (χ1n) is 5.19. The molecule has 82 valence electrons. The van der Waals surface area contributed by atoms with Crippen LogP contribution in [0, 0.1) is 5.92 Å². The van der Waals surface area contributed by atoms with Gasteiger partial charge in [-0.3, -0.25) is 4.79 Å². The molecule has 2 atom stereocenters. The number of nitrogens with one attached hydrogen (secondary N) is 1. The summed E-state index contributed by atoms with van der Waals surface area (Å²) in [5.74, 6) is 0.246. The number of carbonyl (C=O) groups is 1. The van der Waals surface area contributed by atoms with E-state index < -0.39 is 0 Å². The van der Waals surface area contributed by atoms with E-state index in [1.807, 2.05) is 6.92 Å². The van der Waals surface area contributed by atoms with Gasteiger partial charge in [-0.25, -0.2) is 0 Å². The minimum absolute atomic E-state index is 0.151. The van der Waals surface area contributed by atoms with Crippen LogP contribution >= 0.6 is 0 Å². The van der Waals surface area contributed by atoms with Crippen molar-refractivity contribution in [2.75, 3.05) is 26.9 Å². The van der Waals surface area contributed by atoms with E-state index in [4.69, 9.17) is 9.47 Å². The molecule has 1 heterocycles. The quantitative estimate of drug-likeness (QED) is 0.660. The van der Waals surface area contributed by atoms with Crippen molar-refractivity contribution < 1.29 is 14.3 Å². The summed E-state index contributed by atoms with van der Waals surface area (Å²) in [5.41, 5.74) is 0. The van der Waals surface area contributed by atoms with E-state index in [2.05, 4.69) is 5.32 Å². The fourth-order valence-corrected chi connectivity index (χ4v) is 1.50. The maximum atomic E-state index is 11.4. The van der Waals surface area contributed by atoms with Gasteiger partial charge in [0.1, 0.15) is 6.04 Å². The van der Waals surface area contributed by atoms with Gasteiger partial charge < -0.3 is 14.8 Å². The number of hydrogen-bond donors (Lipinski definition) is 1. The molecule has 2 unspecified atom stereocenters. The summed E-state index contributed by atoms with van der Waals surface area (Å²) in [5, 5.41) is 2.92. The van der Waals surface area contributed by atoms with Crippen LogP contribution in [0.3, 0.4) is 0 Å². The van der Waals surface area contributed by atoms with E-state index in [1.165, 1.54) is 0 Å². The molecule has 0 amide bonds. The molecule has 1 rings (SSSR count). The zero-order valence-corrected chi connectivity index (χ0v) is 8.91. The Morgan fingerprint density at radius 3 is 3.00 bits per heavy atom. The van der Waals surface area contributed by atoms with Crippen LogP contribution in [0.1, 0.15) is 19.8 Å². The molecule has 0 aromatic heterocycles. The molecule has 1 saturated heterocycles. The summed E-state index contributed by atoms with van der Waals surface area (Å²) in [6.45, 7) is 3.98. The van der Waals surface area contributed by atoms with Gasteiger partial charge in [0.25, 0.3) is 0 Å². The zero-order chi connectivity index (χ0) is 10.4. The maximum Gasteiger partial charge on any atom is 0.323 e. The number of carbonyl (C=O) groups excluding carboxylic acids is 1. The Morgan fingerprint density at radius 2 is 2.50 bits per heavy atom. The van der Waals surface area contributed by atoms with Crippen molar-refractivity contribution in [2.45, 2.75) is 25.8 Å². The first-order valence-corrected chi connectivity index (χ1v) is 5.19. The van der Waals surface area contributed by atoms with Crippen LogP contribution in [0.2, 0.25) is 0 Å². The van der Waals surface area contributed by atoms with Gasteiger partial charge in [0.2, 0.25) is 0 Å². The second-order valence-corrected chi connectivity index (χ2v) is 3.61. The Bertz CT molecular complexity index is 174. The van der Waals surface area contributed by atoms with Gasteiger partial charge >= 0.3 is 5.97 Å². The van der Waals surface area contributed by atoms with E-state index in [9.17, 15) is 4.79 Å². The highest BCUT2D eigenvalue weighted by atomic mass is 16.5. The smallest absolute Gasteiger partial charge is 0.323 e. The lowest BCUT2D eigenvalue weighted by Crippen LogP contribution is -2.35. The van der Waals surface area contributed by atoms with Gasteiger partial charge in [-0.2, -0.15) is 0 Å². The fourth-order valence-electron chi connectivity index (χ4n) is 1.50. The van der Waals surface area contributed by atoms with Crippen molar-refractivity contribution in [3.8, 4) is 0 Å². The molecule has 14 heavy (non-hydrogen) atoms. The minimum atomic E-state index is -0.169. The second-order valence-electron chi connectivity index (χ2n) is 3.61. The molecular formula is C10H19NO3. The van der Waals surface area contributed by atoms with Crippen molar-refractivity contribution in [1.82, 2.24) is 5.32 Å². The molecule has 1 aliphatic rings. The monoisotopic (exact) mass is 201 g/mol. The molecule has 0 aromatic rings. The van der Waals surface area contributed by atoms with E-state index in [0.29, 0.717) is 12.5 Å². The molecule has 4 heteroatoms. The summed E-state index contributed by atoms with van der Waals surface area (Å²) in [6.07, 6.45) is 1.76. The highest BCUT2D eigenvalue weighted by molar-refractivity contribution is 5.75. The lowest BCUT2D eigenvalue weighted by Gasteiger charge is -2.14. The molecular weight excluding hydrogens is 182 g/mol. The Labute approximate surface area is 85.0 Å². The predicted octanol–water partition coefficient (Wildman–Crippen LogP) is 0.564. The number of likely N-dealkylation sites (N-methyl/N-ethyl adjacent to an activating group) is 1. The first-order chi connectivity index (χ1) is 6.77. The average molecular weight is 201 g/mol. The van der Waals surface area contributed by atoms with Gasteiger partial charge in [0.15, 0.2) is 0 Å². The van der Waals surface area contributed by atoms with Crippen molar-refractivity contribution in [3.05, 3.63) is 0 Å². The van der Waals surface area contributed by atoms with Crippen molar-refractivity contribution in [2.24, 2.45) is 5.92 Å². The summed E-state index contributed by atoms with van der Waals surface area (Å²) in [4.78, 5) is 11.4. The van der Waals surface area contributed by atoms with Crippen LogP contribution in [0.4, 0.5) is 0 Å². The fraction of sp³-hybridized carbons (Fsp3) is 0.900. The topological polar surface area (TPSA) is 47.6 Å². The normalized spacial score (nSPS) is 23.4. The van der Waals surface area contributed by atoms with Gasteiger partial charge in [0, 0.05) is 12.5 Å². The van der Waals surface area contributed by atoms with Crippen LogP contribution in [-0.2, 0) is 14.3 Å². The third-order valence-corrected chi connectivity index (χ3v) is 2.53. The molecule has 0 saturated carbocycles. The third kappa shape index (κ3) is 3.27. The first kappa shape index (κ1) is 11.5. The third-order valence-electron chi connectivity index (χ3n) is 2.53. The molecule has 0 spiro atoms. The summed E-state index contributed by atoms with van der Waals surface area (Å²) in [7, 11) is 1.77. The Hall–Kier alpha value is -0.610. The second kappa shape index (κ2) is 5.98. The van der Waals surface area contributed by atoms with Gasteiger partial charge in [-0.15, -0.1) is 0 Å². The van der Waals surface area contributed by atoms with Gasteiger partial charge in [-0.1, -0.05) is 6.92 Å². The molecule has 1 N–H and O–H groups in total. The van der Waals surface area contributed by atoms with E-state index in [0.717, 1.165) is 26.1 Å². The molecule has 0 aliphatic carbocycles. The maximum absolute atomic E-state index is 11.4. The largest absolute Gasteiger partial charge is 0.464 e. The van der Waals surface area contributed by atoms with E-state index in [-0.39, 0.29) is 12.0 Å². The molecule has 0 bridgehead atoms. The standard InChI is InChI=1S/C10H19NO3/c1-3-9(11-2)10(12)14-7-8-4-5-13-6-8/h8-9,11H,3-7H2,1-2H3. The van der Waals surface area contributed by atoms with E-state index >= 15 is 0 Å². The van der Waals surface area contributed by atoms with E-state index in [1.54, 1.807) is 7.05 Å². The predicted molar refractivity (Wildman–Crippen MR) is 53.0 cm³/mol. The summed E-state index contributed by atoms with van der Waals surface area (Å²) < 4.78 is 10.4. The van der Waals surface area contributed by atoms with Crippen LogP contribution in [-0.4, -0.2) is 38.9 Å². The molecule has 1 aliphatic heterocycles. The van der Waals surface area contributed by atoms with Gasteiger partial charge in [-0.05, 0) is 19.9 Å². The summed E-state index contributed by atoms with van der Waals surface area (Å²) in [6, 6.07) is -0.169. The number of esters is 1. The molecule has 0 radical (unpaired) electrons. The van der Waals surface area contributed by atoms with Crippen molar-refractivity contribution in [3.63, 3.8) is 0 Å². The Morgan fingerprint density at radius 1 is 1.71 bits per heavy atom. The summed E-state index contributed by atoms with van der Waals surface area (Å²) >= 11 is 0. The number of hydrogen-bond acceptors (Lipinski definition) is 4. The highest BCUT2D eigenvalue weighted by Gasteiger charge is 2.20. The van der Waals surface area contributed by atoms with Crippen molar-refractivity contribution in [1.29, 1.82) is 0 Å². The Kier molecular flexibility index (Phi) is 4.90. The lowest BCUT2D eigenvalue weighted by atomic mass is 10.1. The van der Waals surface area contributed by atoms with Gasteiger partial charge in [0.05, 0.1) is 13.2 Å². The highest BCUT2D eigenvalue weighted by Crippen LogP contribution is 2.12. The minimum Gasteiger partial charge on any atom is -0.464 e. The molecule has 0 aromatic carbocycles. The lowest BCUT2D eigenvalue weighted by molar-refractivity contribution is -0.147. The van der Waals surface area contributed by atoms with Crippen LogP contribution in [0.5, 0.6) is 0 Å². The van der Waals surface area contributed by atoms with Crippen LogP contribution in [0.15, 0.2) is 0 Å². The Balaban J connectivity index is 2.18. The molecule has 1 fully saturated rings. The number of ether oxygens (including phenoxy) is 2. The van der Waals surface area contributed by atoms with Crippen LogP contribution in [0.25, 0.3) is 0 Å². The zero-order valence-electron chi connectivity index (χ0n) is 8.91. The SMILES string of the molecule is CCC(NC)C(=O)OCC1CCOC1. The van der Waals surface area contributed by atoms with Crippen molar-refractivity contribution >= 4 is 5.97 Å². The molecule has 4 nitrogen and oxygen atoms in total. The number of rotatable bonds is 5. The van der Waals surface area contributed by atoms with Crippen LogP contribution < -0.4 is 5.32 Å². The average Bonchev–Trinajstić information content (AvgIpc) is 2.69.